The molecule has 5 heteroatoms. The molecule has 4 aliphatic rings. The fraction of sp³-hybridized carbons (Fsp3) is 0.760. The quantitative estimate of drug-likeness (QED) is 0.741. The molecule has 1 N–H and O–H groups in total. The van der Waals surface area contributed by atoms with Gasteiger partial charge in [0.25, 0.3) is 6.47 Å². The molecular formula is C25H34O5. The molecule has 4 saturated carbocycles. The van der Waals surface area contributed by atoms with Gasteiger partial charge in [0.1, 0.15) is 6.10 Å². The van der Waals surface area contributed by atoms with E-state index in [0.717, 1.165) is 63.4 Å². The summed E-state index contributed by atoms with van der Waals surface area (Å²) in [4.78, 5) is 22.3. The van der Waals surface area contributed by atoms with Crippen molar-refractivity contribution < 1.29 is 19.1 Å². The van der Waals surface area contributed by atoms with E-state index in [1.165, 1.54) is 6.07 Å². The number of rotatable bonds is 3. The van der Waals surface area contributed by atoms with Gasteiger partial charge in [-0.05, 0) is 98.5 Å². The van der Waals surface area contributed by atoms with Crippen molar-refractivity contribution in [2.75, 3.05) is 0 Å². The molecular weight excluding hydrogens is 380 g/mol. The number of aliphatic hydroxyl groups is 1. The standard InChI is InChI=1S/C25H34O5/c1-23-10-7-18(30-15-26)13-17(23)4-5-21-20(23)8-11-24(2)19(9-12-25(21,24)28)16-3-6-22(27)29-14-16/h3,6,14-15,17-21,28H,4-5,7-13H2,1-2H3. The Morgan fingerprint density at radius 3 is 2.63 bits per heavy atom. The highest BCUT2D eigenvalue weighted by molar-refractivity contribution is 5.37. The number of hydrogen-bond donors (Lipinski definition) is 1. The molecule has 5 nitrogen and oxygen atoms in total. The molecule has 8 atom stereocenters. The Morgan fingerprint density at radius 2 is 1.90 bits per heavy atom. The van der Waals surface area contributed by atoms with Crippen LogP contribution in [0.3, 0.4) is 0 Å². The molecule has 4 fully saturated rings. The highest BCUT2D eigenvalue weighted by atomic mass is 16.5. The average Bonchev–Trinajstić information content (AvgIpc) is 3.01. The number of fused-ring (bicyclic) bond motifs is 5. The number of ether oxygens (including phenoxy) is 1. The van der Waals surface area contributed by atoms with Gasteiger partial charge in [-0.2, -0.15) is 0 Å². The maximum absolute atomic E-state index is 12.2. The topological polar surface area (TPSA) is 76.7 Å². The van der Waals surface area contributed by atoms with E-state index in [1.54, 1.807) is 6.26 Å². The molecule has 164 valence electrons. The van der Waals surface area contributed by atoms with E-state index in [4.69, 9.17) is 9.15 Å². The molecule has 0 radical (unpaired) electrons. The Morgan fingerprint density at radius 1 is 1.07 bits per heavy atom. The highest BCUT2D eigenvalue weighted by Crippen LogP contribution is 2.70. The first-order valence-electron chi connectivity index (χ1n) is 11.7. The number of carbonyl (C=O) groups excluding carboxylic acids is 1. The fourth-order valence-corrected chi connectivity index (χ4v) is 8.49. The van der Waals surface area contributed by atoms with Crippen LogP contribution in [0.4, 0.5) is 0 Å². The summed E-state index contributed by atoms with van der Waals surface area (Å²) in [5.74, 6) is 1.65. The first-order valence-corrected chi connectivity index (χ1v) is 11.7. The normalized spacial score (nSPS) is 47.6. The zero-order valence-electron chi connectivity index (χ0n) is 18.1. The van der Waals surface area contributed by atoms with Crippen LogP contribution in [-0.4, -0.2) is 23.3 Å². The van der Waals surface area contributed by atoms with E-state index >= 15 is 0 Å². The summed E-state index contributed by atoms with van der Waals surface area (Å²) in [5, 5.41) is 12.2. The average molecular weight is 415 g/mol. The maximum Gasteiger partial charge on any atom is 0.335 e. The summed E-state index contributed by atoms with van der Waals surface area (Å²) in [6.45, 7) is 5.32. The minimum atomic E-state index is -0.666. The van der Waals surface area contributed by atoms with Gasteiger partial charge in [-0.25, -0.2) is 4.79 Å². The van der Waals surface area contributed by atoms with Crippen molar-refractivity contribution in [3.63, 3.8) is 0 Å². The second-order valence-electron chi connectivity index (χ2n) is 11.0. The minimum Gasteiger partial charge on any atom is -0.465 e. The smallest absolute Gasteiger partial charge is 0.335 e. The van der Waals surface area contributed by atoms with Crippen LogP contribution in [0.5, 0.6) is 0 Å². The van der Waals surface area contributed by atoms with Crippen LogP contribution in [0.1, 0.15) is 83.1 Å². The molecule has 0 amide bonds. The van der Waals surface area contributed by atoms with Gasteiger partial charge in [-0.15, -0.1) is 0 Å². The van der Waals surface area contributed by atoms with Crippen LogP contribution in [0.25, 0.3) is 0 Å². The third-order valence-electron chi connectivity index (χ3n) is 10.2. The molecule has 5 rings (SSSR count). The second-order valence-corrected chi connectivity index (χ2v) is 11.0. The number of carbonyl (C=O) groups is 1. The molecule has 1 aromatic rings. The van der Waals surface area contributed by atoms with Crippen molar-refractivity contribution in [2.24, 2.45) is 28.6 Å². The lowest BCUT2D eigenvalue weighted by Crippen LogP contribution is -2.62. The molecule has 0 saturated heterocycles. The van der Waals surface area contributed by atoms with Crippen LogP contribution in [0.2, 0.25) is 0 Å². The summed E-state index contributed by atoms with van der Waals surface area (Å²) in [6.07, 6.45) is 10.8. The van der Waals surface area contributed by atoms with E-state index in [2.05, 4.69) is 13.8 Å². The highest BCUT2D eigenvalue weighted by Gasteiger charge is 2.67. The van der Waals surface area contributed by atoms with Crippen molar-refractivity contribution in [2.45, 2.75) is 89.3 Å². The maximum atomic E-state index is 12.2. The van der Waals surface area contributed by atoms with Crippen molar-refractivity contribution in [1.82, 2.24) is 0 Å². The Hall–Kier alpha value is -1.62. The molecule has 1 aromatic heterocycles. The summed E-state index contributed by atoms with van der Waals surface area (Å²) in [5.41, 5.74) is 0.107. The van der Waals surface area contributed by atoms with E-state index in [-0.39, 0.29) is 28.5 Å². The van der Waals surface area contributed by atoms with E-state index < -0.39 is 5.60 Å². The third-order valence-corrected chi connectivity index (χ3v) is 10.2. The Balaban J connectivity index is 1.43. The van der Waals surface area contributed by atoms with Crippen LogP contribution >= 0.6 is 0 Å². The molecule has 4 aliphatic carbocycles. The predicted octanol–water partition coefficient (Wildman–Crippen LogP) is 4.42. The Kier molecular flexibility index (Phi) is 4.70. The van der Waals surface area contributed by atoms with Gasteiger partial charge in [-0.3, -0.25) is 4.79 Å². The Bertz CT molecular complexity index is 858. The van der Waals surface area contributed by atoms with Gasteiger partial charge in [0.05, 0.1) is 11.9 Å². The zero-order valence-corrected chi connectivity index (χ0v) is 18.1. The lowest BCUT2D eigenvalue weighted by atomic mass is 9.43. The van der Waals surface area contributed by atoms with E-state index in [0.29, 0.717) is 24.2 Å². The summed E-state index contributed by atoms with van der Waals surface area (Å²) >= 11 is 0. The molecule has 0 spiro atoms. The summed E-state index contributed by atoms with van der Waals surface area (Å²) < 4.78 is 10.5. The van der Waals surface area contributed by atoms with Crippen LogP contribution < -0.4 is 5.63 Å². The molecule has 0 aromatic carbocycles. The predicted molar refractivity (Wildman–Crippen MR) is 112 cm³/mol. The molecule has 0 bridgehead atoms. The lowest BCUT2D eigenvalue weighted by Gasteiger charge is -2.63. The Labute approximate surface area is 178 Å². The van der Waals surface area contributed by atoms with Gasteiger partial charge in [0.2, 0.25) is 0 Å². The van der Waals surface area contributed by atoms with Gasteiger partial charge in [0, 0.05) is 11.5 Å². The molecule has 30 heavy (non-hydrogen) atoms. The molecule has 8 unspecified atom stereocenters. The summed E-state index contributed by atoms with van der Waals surface area (Å²) in [6, 6.07) is 3.40. The van der Waals surface area contributed by atoms with Gasteiger partial charge in [0.15, 0.2) is 0 Å². The van der Waals surface area contributed by atoms with Crippen molar-refractivity contribution in [3.8, 4) is 0 Å². The van der Waals surface area contributed by atoms with E-state index in [1.807, 2.05) is 6.07 Å². The van der Waals surface area contributed by atoms with Crippen molar-refractivity contribution in [1.29, 1.82) is 0 Å². The van der Waals surface area contributed by atoms with Crippen LogP contribution in [-0.2, 0) is 9.53 Å². The SMILES string of the molecule is CC12CCC(OC=O)CC1CCC1C2CCC2(C)C(c3ccc(=O)oc3)CCC12O. The van der Waals surface area contributed by atoms with E-state index in [9.17, 15) is 14.7 Å². The van der Waals surface area contributed by atoms with Crippen LogP contribution in [0.15, 0.2) is 27.6 Å². The van der Waals surface area contributed by atoms with Crippen LogP contribution in [0, 0.1) is 28.6 Å². The first kappa shape index (κ1) is 20.3. The minimum absolute atomic E-state index is 0.0673. The van der Waals surface area contributed by atoms with Crippen molar-refractivity contribution in [3.05, 3.63) is 34.4 Å². The van der Waals surface area contributed by atoms with Gasteiger partial charge < -0.3 is 14.3 Å². The third kappa shape index (κ3) is 2.70. The van der Waals surface area contributed by atoms with Gasteiger partial charge in [-0.1, -0.05) is 13.8 Å². The molecule has 1 heterocycles. The fourth-order valence-electron chi connectivity index (χ4n) is 8.49. The monoisotopic (exact) mass is 414 g/mol. The first-order chi connectivity index (χ1) is 14.3. The van der Waals surface area contributed by atoms with Crippen molar-refractivity contribution >= 4 is 6.47 Å². The zero-order chi connectivity index (χ0) is 21.1. The lowest BCUT2D eigenvalue weighted by molar-refractivity contribution is -0.206. The summed E-state index contributed by atoms with van der Waals surface area (Å²) in [7, 11) is 0. The number of hydrogen-bond acceptors (Lipinski definition) is 5. The van der Waals surface area contributed by atoms with Gasteiger partial charge >= 0.3 is 5.63 Å². The largest absolute Gasteiger partial charge is 0.465 e. The molecule has 0 aliphatic heterocycles. The second kappa shape index (κ2) is 6.94.